The first-order valence-electron chi connectivity index (χ1n) is 7.80. The van der Waals surface area contributed by atoms with Gasteiger partial charge in [-0.1, -0.05) is 0 Å². The molecular weight excluding hydrogens is 335 g/mol. The molecule has 0 aliphatic carbocycles. The quantitative estimate of drug-likeness (QED) is 0.524. The van der Waals surface area contributed by atoms with E-state index in [4.69, 9.17) is 10.5 Å². The van der Waals surface area contributed by atoms with E-state index in [-0.39, 0.29) is 5.82 Å². The molecule has 4 aromatic rings. The van der Waals surface area contributed by atoms with E-state index < -0.39 is 0 Å². The Morgan fingerprint density at radius 2 is 1.88 bits per heavy atom. The number of nitrogens with two attached hydrogens (primary N) is 1. The zero-order chi connectivity index (χ0) is 18.1. The predicted octanol–water partition coefficient (Wildman–Crippen LogP) is 3.26. The number of ether oxygens (including phenoxy) is 1. The average molecular weight is 350 g/mol. The van der Waals surface area contributed by atoms with Gasteiger partial charge in [-0.2, -0.15) is 5.10 Å². The minimum absolute atomic E-state index is 0.303. The normalized spacial score (nSPS) is 10.8. The van der Waals surface area contributed by atoms with Crippen molar-refractivity contribution in [1.82, 2.24) is 25.1 Å². The summed E-state index contributed by atoms with van der Waals surface area (Å²) in [6.07, 6.45) is 5.07. The number of hydrogen-bond donors (Lipinski definition) is 3. The maximum Gasteiger partial charge on any atom is 0.166 e. The van der Waals surface area contributed by atoms with Crippen LogP contribution in [0.25, 0.3) is 33.9 Å². The molecule has 0 amide bonds. The monoisotopic (exact) mass is 350 g/mol. The van der Waals surface area contributed by atoms with E-state index in [0.717, 1.165) is 22.4 Å². The largest absolute Gasteiger partial charge is 0.493 e. The summed E-state index contributed by atoms with van der Waals surface area (Å²) in [6, 6.07) is 7.90. The van der Waals surface area contributed by atoms with Gasteiger partial charge in [-0.3, -0.25) is 5.10 Å². The molecule has 0 unspecified atom stereocenters. The lowest BCUT2D eigenvalue weighted by molar-refractivity contribution is 0.415. The number of nitrogens with zero attached hydrogens (tertiary/aromatic N) is 3. The Morgan fingerprint density at radius 3 is 2.58 bits per heavy atom. The summed E-state index contributed by atoms with van der Waals surface area (Å²) < 4.78 is 18.5. The van der Waals surface area contributed by atoms with E-state index in [0.29, 0.717) is 23.1 Å². The van der Waals surface area contributed by atoms with Gasteiger partial charge in [0.1, 0.15) is 11.6 Å². The van der Waals surface area contributed by atoms with Gasteiger partial charge in [-0.05, 0) is 30.3 Å². The number of methoxy groups -OCH3 is 1. The topological polar surface area (TPSA) is 106 Å². The van der Waals surface area contributed by atoms with Crippen LogP contribution in [0.2, 0.25) is 0 Å². The van der Waals surface area contributed by atoms with Gasteiger partial charge < -0.3 is 15.5 Å². The molecule has 4 N–H and O–H groups in total. The van der Waals surface area contributed by atoms with Crippen LogP contribution in [0.15, 0.2) is 48.9 Å². The number of anilines is 1. The molecule has 0 aliphatic heterocycles. The van der Waals surface area contributed by atoms with Crippen LogP contribution >= 0.6 is 0 Å². The molecule has 0 atom stereocenters. The standard InChI is InChI=1S/C18H15FN6O/c1-26-14-6-11(7-21-17(14)20)15-16(12-8-22-23-9-12)25-18(24-15)10-2-4-13(19)5-3-10/h2-9H,1H3,(H2,20,21)(H,22,23)(H,24,25). The Morgan fingerprint density at radius 1 is 1.08 bits per heavy atom. The van der Waals surface area contributed by atoms with Crippen molar-refractivity contribution < 1.29 is 9.13 Å². The summed E-state index contributed by atoms with van der Waals surface area (Å²) in [5.41, 5.74) is 9.55. The van der Waals surface area contributed by atoms with Gasteiger partial charge in [0.2, 0.25) is 0 Å². The number of H-pyrrole nitrogens is 2. The highest BCUT2D eigenvalue weighted by atomic mass is 19.1. The fourth-order valence-electron chi connectivity index (χ4n) is 2.67. The van der Waals surface area contributed by atoms with E-state index in [9.17, 15) is 4.39 Å². The third-order valence-corrected chi connectivity index (χ3v) is 3.98. The van der Waals surface area contributed by atoms with E-state index in [1.165, 1.54) is 19.2 Å². The SMILES string of the molecule is COc1cc(-c2[nH]c(-c3ccc(F)cc3)nc2-c2cn[nH]c2)cnc1N. The van der Waals surface area contributed by atoms with E-state index >= 15 is 0 Å². The molecule has 4 rings (SSSR count). The second kappa shape index (κ2) is 6.32. The number of pyridine rings is 1. The smallest absolute Gasteiger partial charge is 0.166 e. The van der Waals surface area contributed by atoms with Crippen molar-refractivity contribution in [3.63, 3.8) is 0 Å². The molecule has 0 fully saturated rings. The van der Waals surface area contributed by atoms with Crippen molar-refractivity contribution >= 4 is 5.82 Å². The summed E-state index contributed by atoms with van der Waals surface area (Å²) in [6.45, 7) is 0. The van der Waals surface area contributed by atoms with E-state index in [1.807, 2.05) is 0 Å². The van der Waals surface area contributed by atoms with Gasteiger partial charge in [0, 0.05) is 29.1 Å². The third kappa shape index (κ3) is 2.77. The molecule has 0 saturated carbocycles. The zero-order valence-electron chi connectivity index (χ0n) is 13.8. The van der Waals surface area contributed by atoms with Crippen molar-refractivity contribution in [1.29, 1.82) is 0 Å². The molecule has 8 heteroatoms. The highest BCUT2D eigenvalue weighted by Crippen LogP contribution is 2.34. The number of aromatic nitrogens is 5. The molecule has 0 bridgehead atoms. The number of nitrogen functional groups attached to an aromatic ring is 1. The van der Waals surface area contributed by atoms with Crippen LogP contribution in [0.4, 0.5) is 10.2 Å². The van der Waals surface area contributed by atoms with Crippen molar-refractivity contribution in [2.24, 2.45) is 0 Å². The average Bonchev–Trinajstić information content (AvgIpc) is 3.32. The van der Waals surface area contributed by atoms with Gasteiger partial charge >= 0.3 is 0 Å². The van der Waals surface area contributed by atoms with E-state index in [1.54, 1.807) is 36.8 Å². The molecule has 1 aromatic carbocycles. The van der Waals surface area contributed by atoms with Crippen LogP contribution in [0.1, 0.15) is 0 Å². The lowest BCUT2D eigenvalue weighted by Gasteiger charge is -2.06. The van der Waals surface area contributed by atoms with Crippen LogP contribution in [0.3, 0.4) is 0 Å². The first-order valence-corrected chi connectivity index (χ1v) is 7.80. The Bertz CT molecular complexity index is 1040. The van der Waals surface area contributed by atoms with Crippen LogP contribution < -0.4 is 10.5 Å². The number of halogens is 1. The molecule has 0 aliphatic rings. The fourth-order valence-corrected chi connectivity index (χ4v) is 2.67. The first kappa shape index (κ1) is 15.8. The second-order valence-corrected chi connectivity index (χ2v) is 5.61. The number of rotatable bonds is 4. The van der Waals surface area contributed by atoms with E-state index in [2.05, 4.69) is 25.1 Å². The Labute approximate surface area is 148 Å². The lowest BCUT2D eigenvalue weighted by Crippen LogP contribution is -1.96. The summed E-state index contributed by atoms with van der Waals surface area (Å²) in [4.78, 5) is 12.1. The molecule has 7 nitrogen and oxygen atoms in total. The van der Waals surface area contributed by atoms with Crippen LogP contribution in [0.5, 0.6) is 5.75 Å². The van der Waals surface area contributed by atoms with Crippen molar-refractivity contribution in [2.75, 3.05) is 12.8 Å². The molecule has 0 radical (unpaired) electrons. The van der Waals surface area contributed by atoms with Crippen molar-refractivity contribution in [2.45, 2.75) is 0 Å². The first-order chi connectivity index (χ1) is 12.7. The van der Waals surface area contributed by atoms with Crippen LogP contribution in [-0.4, -0.2) is 32.3 Å². The zero-order valence-corrected chi connectivity index (χ0v) is 13.8. The van der Waals surface area contributed by atoms with Gasteiger partial charge in [-0.25, -0.2) is 14.4 Å². The third-order valence-electron chi connectivity index (χ3n) is 3.98. The summed E-state index contributed by atoms with van der Waals surface area (Å²) in [7, 11) is 1.53. The Kier molecular flexibility index (Phi) is 3.85. The minimum Gasteiger partial charge on any atom is -0.493 e. The molecule has 0 spiro atoms. The molecule has 3 heterocycles. The Hall–Kier alpha value is -3.68. The fraction of sp³-hybridized carbons (Fsp3) is 0.0556. The van der Waals surface area contributed by atoms with Crippen molar-refractivity contribution in [3.8, 4) is 39.7 Å². The Balaban J connectivity index is 1.89. The molecule has 3 aromatic heterocycles. The van der Waals surface area contributed by atoms with Gasteiger partial charge in [0.05, 0.1) is 24.7 Å². The van der Waals surface area contributed by atoms with Gasteiger partial charge in [0.15, 0.2) is 11.6 Å². The number of aromatic amines is 2. The maximum atomic E-state index is 13.2. The van der Waals surface area contributed by atoms with Gasteiger partial charge in [0.25, 0.3) is 0 Å². The minimum atomic E-state index is -0.303. The number of imidazole rings is 1. The number of hydrogen-bond acceptors (Lipinski definition) is 5. The number of nitrogens with one attached hydrogen (secondary N) is 2. The maximum absolute atomic E-state index is 13.2. The van der Waals surface area contributed by atoms with Crippen LogP contribution in [-0.2, 0) is 0 Å². The summed E-state index contributed by atoms with van der Waals surface area (Å²) in [5.74, 6) is 1.08. The second-order valence-electron chi connectivity index (χ2n) is 5.61. The molecule has 130 valence electrons. The van der Waals surface area contributed by atoms with Crippen molar-refractivity contribution in [3.05, 3.63) is 54.7 Å². The molecular formula is C18H15FN6O. The highest BCUT2D eigenvalue weighted by Gasteiger charge is 2.17. The number of benzene rings is 1. The summed E-state index contributed by atoms with van der Waals surface area (Å²) in [5, 5.41) is 6.77. The molecule has 26 heavy (non-hydrogen) atoms. The van der Waals surface area contributed by atoms with Gasteiger partial charge in [-0.15, -0.1) is 0 Å². The van der Waals surface area contributed by atoms with Crippen LogP contribution in [0, 0.1) is 5.82 Å². The lowest BCUT2D eigenvalue weighted by atomic mass is 10.1. The predicted molar refractivity (Wildman–Crippen MR) is 95.8 cm³/mol. The summed E-state index contributed by atoms with van der Waals surface area (Å²) >= 11 is 0. The highest BCUT2D eigenvalue weighted by molar-refractivity contribution is 5.81. The molecule has 0 saturated heterocycles.